The molecule has 0 N–H and O–H groups in total. The molecular formula is C57H40N2. The molecule has 0 unspecified atom stereocenters. The molecular weight excluding hydrogens is 713 g/mol. The van der Waals surface area contributed by atoms with Crippen molar-refractivity contribution in [3.63, 3.8) is 0 Å². The molecule has 9 aromatic carbocycles. The molecule has 0 aliphatic heterocycles. The third-order valence-corrected chi connectivity index (χ3v) is 12.3. The molecule has 0 saturated heterocycles. The summed E-state index contributed by atoms with van der Waals surface area (Å²) in [4.78, 5) is 10.6. The highest BCUT2D eigenvalue weighted by Gasteiger charge is 2.39. The quantitative estimate of drug-likeness (QED) is 0.169. The van der Waals surface area contributed by atoms with Crippen LogP contribution in [0.25, 0.3) is 100.0 Å². The fourth-order valence-electron chi connectivity index (χ4n) is 9.52. The van der Waals surface area contributed by atoms with E-state index in [4.69, 9.17) is 9.97 Å². The lowest BCUT2D eigenvalue weighted by atomic mass is 9.77. The molecule has 0 radical (unpaired) electrons. The summed E-state index contributed by atoms with van der Waals surface area (Å²) < 4.78 is 0. The Kier molecular flexibility index (Phi) is 8.20. The van der Waals surface area contributed by atoms with Crippen LogP contribution in [0, 0.1) is 0 Å². The normalized spacial score (nSPS) is 12.7. The summed E-state index contributed by atoms with van der Waals surface area (Å²) in [7, 11) is 0. The zero-order chi connectivity index (χ0) is 39.5. The number of rotatable bonds is 6. The molecule has 1 aliphatic rings. The predicted molar refractivity (Wildman–Crippen MR) is 247 cm³/mol. The van der Waals surface area contributed by atoms with E-state index in [-0.39, 0.29) is 5.41 Å². The summed E-state index contributed by atoms with van der Waals surface area (Å²) in [6.07, 6.45) is 0. The van der Waals surface area contributed by atoms with Gasteiger partial charge in [-0.3, -0.25) is 0 Å². The van der Waals surface area contributed by atoms with Crippen molar-refractivity contribution in [2.45, 2.75) is 19.3 Å². The Morgan fingerprint density at radius 1 is 0.305 bits per heavy atom. The van der Waals surface area contributed by atoms with Crippen LogP contribution in [0.4, 0.5) is 0 Å². The fraction of sp³-hybridized carbons (Fsp3) is 0.0526. The fourth-order valence-corrected chi connectivity index (χ4v) is 9.52. The SMILES string of the molecule is CC1(C)c2c(cccc2-c2ccc(-c3cc(-c4cccc(-c5ccccc5)c4)nc(-c4ccc(-c5ccccc5)cc4)n3)c3ccccc23)-c2ccc3ccccc3c21. The molecule has 11 rings (SSSR count). The van der Waals surface area contributed by atoms with Crippen molar-refractivity contribution in [2.75, 3.05) is 0 Å². The second kappa shape index (κ2) is 13.9. The molecule has 0 atom stereocenters. The zero-order valence-corrected chi connectivity index (χ0v) is 33.0. The number of aromatic nitrogens is 2. The minimum atomic E-state index is -0.192. The predicted octanol–water partition coefficient (Wildman–Crippen LogP) is 15.1. The molecule has 0 fully saturated rings. The van der Waals surface area contributed by atoms with E-state index in [1.54, 1.807) is 0 Å². The summed E-state index contributed by atoms with van der Waals surface area (Å²) >= 11 is 0. The highest BCUT2D eigenvalue weighted by Crippen LogP contribution is 2.55. The summed E-state index contributed by atoms with van der Waals surface area (Å²) in [5.41, 5.74) is 17.3. The second-order valence-corrected chi connectivity index (χ2v) is 16.1. The highest BCUT2D eigenvalue weighted by molar-refractivity contribution is 6.07. The average molecular weight is 753 g/mol. The van der Waals surface area contributed by atoms with Gasteiger partial charge in [-0.1, -0.05) is 208 Å². The van der Waals surface area contributed by atoms with Crippen LogP contribution >= 0.6 is 0 Å². The van der Waals surface area contributed by atoms with E-state index >= 15 is 0 Å². The Morgan fingerprint density at radius 3 is 1.54 bits per heavy atom. The van der Waals surface area contributed by atoms with Gasteiger partial charge in [0.2, 0.25) is 0 Å². The maximum atomic E-state index is 5.36. The Bertz CT molecular complexity index is 3220. The van der Waals surface area contributed by atoms with E-state index in [1.807, 2.05) is 0 Å². The van der Waals surface area contributed by atoms with E-state index in [0.29, 0.717) is 5.82 Å². The monoisotopic (exact) mass is 752 g/mol. The van der Waals surface area contributed by atoms with Gasteiger partial charge < -0.3 is 0 Å². The van der Waals surface area contributed by atoms with Crippen LogP contribution in [0.2, 0.25) is 0 Å². The summed E-state index contributed by atoms with van der Waals surface area (Å²) in [5, 5.41) is 4.98. The number of fused-ring (bicyclic) bond motifs is 6. The van der Waals surface area contributed by atoms with Gasteiger partial charge in [-0.05, 0) is 89.3 Å². The van der Waals surface area contributed by atoms with Crippen LogP contribution in [0.1, 0.15) is 25.0 Å². The first-order valence-electron chi connectivity index (χ1n) is 20.4. The number of benzene rings is 9. The lowest BCUT2D eigenvalue weighted by Crippen LogP contribution is -2.17. The number of nitrogens with zero attached hydrogens (tertiary/aromatic N) is 2. The van der Waals surface area contributed by atoms with Gasteiger partial charge in [0.05, 0.1) is 11.4 Å². The molecule has 0 amide bonds. The van der Waals surface area contributed by atoms with E-state index in [1.165, 1.54) is 60.7 Å². The molecule has 59 heavy (non-hydrogen) atoms. The molecule has 2 heteroatoms. The van der Waals surface area contributed by atoms with E-state index in [9.17, 15) is 0 Å². The summed E-state index contributed by atoms with van der Waals surface area (Å²) in [6, 6.07) is 74.2. The minimum Gasteiger partial charge on any atom is -0.228 e. The molecule has 1 aliphatic carbocycles. The Balaban J connectivity index is 1.08. The Labute approximate surface area is 345 Å². The smallest absolute Gasteiger partial charge is 0.160 e. The number of hydrogen-bond acceptors (Lipinski definition) is 2. The Hall–Kier alpha value is -7.42. The molecule has 0 bridgehead atoms. The van der Waals surface area contributed by atoms with Crippen LogP contribution in [0.5, 0.6) is 0 Å². The van der Waals surface area contributed by atoms with Gasteiger partial charge in [0, 0.05) is 22.1 Å². The number of hydrogen-bond donors (Lipinski definition) is 0. The van der Waals surface area contributed by atoms with Crippen molar-refractivity contribution in [3.05, 3.63) is 217 Å². The highest BCUT2D eigenvalue weighted by atomic mass is 14.9. The van der Waals surface area contributed by atoms with Crippen LogP contribution in [0.15, 0.2) is 206 Å². The molecule has 2 nitrogen and oxygen atoms in total. The van der Waals surface area contributed by atoms with Crippen LogP contribution in [0.3, 0.4) is 0 Å². The maximum absolute atomic E-state index is 5.36. The second-order valence-electron chi connectivity index (χ2n) is 16.1. The standard InChI is InChI=1S/C57H40N2/c1-57(2)54-44-22-10-9-19-40(44)31-32-51(54)50-26-14-25-49(55(50)57)47-33-34-48(46-24-12-11-23-45(46)47)53-36-52(43-21-13-20-42(35-43)38-17-7-4-8-18-38)58-56(59-53)41-29-27-39(28-30-41)37-15-5-3-6-16-37/h3-36H,1-2H3. The van der Waals surface area contributed by atoms with Gasteiger partial charge in [0.1, 0.15) is 0 Å². The van der Waals surface area contributed by atoms with E-state index in [2.05, 4.69) is 220 Å². The molecule has 0 saturated carbocycles. The molecule has 1 heterocycles. The first-order chi connectivity index (χ1) is 29.0. The maximum Gasteiger partial charge on any atom is 0.160 e. The summed E-state index contributed by atoms with van der Waals surface area (Å²) in [6.45, 7) is 4.79. The van der Waals surface area contributed by atoms with Gasteiger partial charge in [-0.25, -0.2) is 9.97 Å². The molecule has 1 aromatic heterocycles. The van der Waals surface area contributed by atoms with Gasteiger partial charge in [-0.2, -0.15) is 0 Å². The van der Waals surface area contributed by atoms with Crippen LogP contribution in [-0.2, 0) is 5.41 Å². The molecule has 0 spiro atoms. The lowest BCUT2D eigenvalue weighted by Gasteiger charge is -2.26. The zero-order valence-electron chi connectivity index (χ0n) is 33.0. The lowest BCUT2D eigenvalue weighted by molar-refractivity contribution is 0.668. The van der Waals surface area contributed by atoms with Gasteiger partial charge >= 0.3 is 0 Å². The van der Waals surface area contributed by atoms with Gasteiger partial charge in [0.25, 0.3) is 0 Å². The van der Waals surface area contributed by atoms with Crippen molar-refractivity contribution < 1.29 is 0 Å². The minimum absolute atomic E-state index is 0.192. The van der Waals surface area contributed by atoms with Gasteiger partial charge in [0.15, 0.2) is 5.82 Å². The molecule has 278 valence electrons. The first-order valence-corrected chi connectivity index (χ1v) is 20.4. The van der Waals surface area contributed by atoms with Crippen molar-refractivity contribution in [1.82, 2.24) is 9.97 Å². The van der Waals surface area contributed by atoms with Crippen molar-refractivity contribution in [1.29, 1.82) is 0 Å². The average Bonchev–Trinajstić information content (AvgIpc) is 3.55. The van der Waals surface area contributed by atoms with E-state index < -0.39 is 0 Å². The van der Waals surface area contributed by atoms with Crippen LogP contribution < -0.4 is 0 Å². The Morgan fingerprint density at radius 2 is 0.797 bits per heavy atom. The van der Waals surface area contributed by atoms with Crippen molar-refractivity contribution >= 4 is 21.5 Å². The molecule has 10 aromatic rings. The van der Waals surface area contributed by atoms with Crippen molar-refractivity contribution in [3.8, 4) is 78.4 Å². The van der Waals surface area contributed by atoms with Gasteiger partial charge in [-0.15, -0.1) is 0 Å². The van der Waals surface area contributed by atoms with E-state index in [0.717, 1.165) is 44.6 Å². The first kappa shape index (κ1) is 34.8. The largest absolute Gasteiger partial charge is 0.228 e. The third kappa shape index (κ3) is 5.87. The van der Waals surface area contributed by atoms with Crippen LogP contribution in [-0.4, -0.2) is 9.97 Å². The van der Waals surface area contributed by atoms with Crippen molar-refractivity contribution in [2.24, 2.45) is 0 Å². The summed E-state index contributed by atoms with van der Waals surface area (Å²) in [5.74, 6) is 0.697. The topological polar surface area (TPSA) is 25.8 Å². The third-order valence-electron chi connectivity index (χ3n) is 12.3.